The van der Waals surface area contributed by atoms with E-state index in [9.17, 15) is 4.79 Å². The topological polar surface area (TPSA) is 52.1 Å². The van der Waals surface area contributed by atoms with Crippen LogP contribution in [0, 0.1) is 13.8 Å². The van der Waals surface area contributed by atoms with E-state index in [1.165, 1.54) is 22.2 Å². The van der Waals surface area contributed by atoms with Crippen molar-refractivity contribution in [3.8, 4) is 0 Å². The normalized spacial score (nSPS) is 12.3. The molecule has 0 N–H and O–H groups in total. The molecule has 0 aliphatic heterocycles. The predicted octanol–water partition coefficient (Wildman–Crippen LogP) is 4.92. The van der Waals surface area contributed by atoms with Crippen molar-refractivity contribution in [1.82, 2.24) is 9.97 Å². The molecule has 2 aromatic heterocycles. The van der Waals surface area contributed by atoms with Crippen LogP contribution in [0.25, 0.3) is 10.2 Å². The maximum Gasteiger partial charge on any atom is 0.319 e. The summed E-state index contributed by atoms with van der Waals surface area (Å²) in [5, 5.41) is 1.64. The number of nitrogens with zero attached hydrogens (tertiary/aromatic N) is 2. The summed E-state index contributed by atoms with van der Waals surface area (Å²) in [6.07, 6.45) is 2.26. The van der Waals surface area contributed by atoms with Crippen molar-refractivity contribution in [3.05, 3.63) is 52.7 Å². The number of rotatable bonds is 6. The predicted molar refractivity (Wildman–Crippen MR) is 103 cm³/mol. The summed E-state index contributed by atoms with van der Waals surface area (Å²) in [4.78, 5) is 23.5. The molecule has 0 fully saturated rings. The average molecular weight is 373 g/mol. The third-order valence-electron chi connectivity index (χ3n) is 4.04. The van der Waals surface area contributed by atoms with Crippen LogP contribution in [0.15, 0.2) is 41.7 Å². The van der Waals surface area contributed by atoms with Crippen LogP contribution in [0.5, 0.6) is 0 Å². The summed E-state index contributed by atoms with van der Waals surface area (Å²) in [6.45, 7) is 6.45. The van der Waals surface area contributed by atoms with E-state index in [0.29, 0.717) is 13.0 Å². The highest BCUT2D eigenvalue weighted by Crippen LogP contribution is 2.36. The molecule has 0 saturated carbocycles. The second-order valence-corrected chi connectivity index (χ2v) is 8.14. The molecule has 3 rings (SSSR count). The lowest BCUT2D eigenvalue weighted by molar-refractivity contribution is -0.144. The zero-order valence-corrected chi connectivity index (χ0v) is 16.1. The van der Waals surface area contributed by atoms with Crippen molar-refractivity contribution in [2.24, 2.45) is 0 Å². The Labute approximate surface area is 155 Å². The molecule has 0 radical (unpaired) electrons. The van der Waals surface area contributed by atoms with Crippen LogP contribution in [0.3, 0.4) is 0 Å². The molecule has 25 heavy (non-hydrogen) atoms. The monoisotopic (exact) mass is 372 g/mol. The van der Waals surface area contributed by atoms with E-state index in [0.717, 1.165) is 20.8 Å². The van der Waals surface area contributed by atoms with Crippen LogP contribution in [0.2, 0.25) is 0 Å². The Morgan fingerprint density at radius 3 is 2.72 bits per heavy atom. The largest absolute Gasteiger partial charge is 0.460 e. The van der Waals surface area contributed by atoms with Gasteiger partial charge in [-0.05, 0) is 31.4 Å². The van der Waals surface area contributed by atoms with Crippen molar-refractivity contribution >= 4 is 39.3 Å². The zero-order chi connectivity index (χ0) is 17.8. The minimum Gasteiger partial charge on any atom is -0.460 e. The fraction of sp³-hybridized carbons (Fsp3) is 0.316. The standard InChI is InChI=1S/C19H20N2O2S2/c1-4-15(19(22)23-10-14-8-6-5-7-9-14)25-18-16-12(2)13(3)24-17(16)20-11-21-18/h5-9,11,15H,4,10H2,1-3H3/t15-/m0/s1. The molecule has 0 saturated heterocycles. The number of hydrogen-bond donors (Lipinski definition) is 0. The highest BCUT2D eigenvalue weighted by atomic mass is 32.2. The van der Waals surface area contributed by atoms with E-state index < -0.39 is 0 Å². The maximum absolute atomic E-state index is 12.5. The van der Waals surface area contributed by atoms with Crippen LogP contribution in [0.4, 0.5) is 0 Å². The van der Waals surface area contributed by atoms with Crippen molar-refractivity contribution in [1.29, 1.82) is 0 Å². The molecule has 0 unspecified atom stereocenters. The summed E-state index contributed by atoms with van der Waals surface area (Å²) in [6, 6.07) is 9.73. The maximum atomic E-state index is 12.5. The van der Waals surface area contributed by atoms with E-state index >= 15 is 0 Å². The highest BCUT2D eigenvalue weighted by molar-refractivity contribution is 8.00. The molecule has 1 atom stereocenters. The molecule has 4 nitrogen and oxygen atoms in total. The molecule has 2 heterocycles. The Balaban J connectivity index is 1.75. The van der Waals surface area contributed by atoms with Crippen LogP contribution < -0.4 is 0 Å². The fourth-order valence-electron chi connectivity index (χ4n) is 2.49. The molecule has 0 aliphatic carbocycles. The third-order valence-corrected chi connectivity index (χ3v) is 6.50. The summed E-state index contributed by atoms with van der Waals surface area (Å²) >= 11 is 3.13. The fourth-order valence-corrected chi connectivity index (χ4v) is 4.63. The van der Waals surface area contributed by atoms with E-state index in [1.54, 1.807) is 17.7 Å². The van der Waals surface area contributed by atoms with Crippen molar-refractivity contribution < 1.29 is 9.53 Å². The summed E-state index contributed by atoms with van der Waals surface area (Å²) in [5.74, 6) is -0.201. The number of thiophene rings is 1. The molecule has 6 heteroatoms. The highest BCUT2D eigenvalue weighted by Gasteiger charge is 2.23. The van der Waals surface area contributed by atoms with Crippen molar-refractivity contribution in [2.75, 3.05) is 0 Å². The average Bonchev–Trinajstić information content (AvgIpc) is 2.93. The van der Waals surface area contributed by atoms with Gasteiger partial charge in [0, 0.05) is 10.3 Å². The number of benzene rings is 1. The number of aromatic nitrogens is 2. The molecule has 1 aromatic carbocycles. The molecule has 0 bridgehead atoms. The number of ether oxygens (including phenoxy) is 1. The van der Waals surface area contributed by atoms with Gasteiger partial charge in [0.25, 0.3) is 0 Å². The lowest BCUT2D eigenvalue weighted by atomic mass is 10.2. The summed E-state index contributed by atoms with van der Waals surface area (Å²) in [7, 11) is 0. The van der Waals surface area contributed by atoms with Crippen LogP contribution in [-0.2, 0) is 16.1 Å². The second kappa shape index (κ2) is 7.97. The number of thioether (sulfide) groups is 1. The number of carbonyl (C=O) groups is 1. The number of aryl methyl sites for hydroxylation is 2. The van der Waals surface area contributed by atoms with Crippen LogP contribution >= 0.6 is 23.1 Å². The third kappa shape index (κ3) is 4.02. The second-order valence-electron chi connectivity index (χ2n) is 5.75. The molecular formula is C19H20N2O2S2. The number of carbonyl (C=O) groups excluding carboxylic acids is 1. The van der Waals surface area contributed by atoms with E-state index in [2.05, 4.69) is 23.8 Å². The van der Waals surface area contributed by atoms with Gasteiger partial charge in [0.2, 0.25) is 0 Å². The molecule has 0 amide bonds. The van der Waals surface area contributed by atoms with Gasteiger partial charge in [0.1, 0.15) is 28.0 Å². The first-order chi connectivity index (χ1) is 12.1. The SMILES string of the molecule is CC[C@H](Sc1ncnc2sc(C)c(C)c12)C(=O)OCc1ccccc1. The van der Waals surface area contributed by atoms with Gasteiger partial charge in [-0.1, -0.05) is 49.0 Å². The lowest BCUT2D eigenvalue weighted by Gasteiger charge is -2.14. The first-order valence-electron chi connectivity index (χ1n) is 8.18. The Morgan fingerprint density at radius 2 is 2.00 bits per heavy atom. The van der Waals surface area contributed by atoms with Crippen LogP contribution in [0.1, 0.15) is 29.3 Å². The number of hydrogen-bond acceptors (Lipinski definition) is 6. The van der Waals surface area contributed by atoms with Gasteiger partial charge < -0.3 is 4.74 Å². The first-order valence-corrected chi connectivity index (χ1v) is 9.87. The van der Waals surface area contributed by atoms with E-state index in [-0.39, 0.29) is 11.2 Å². The Hall–Kier alpha value is -1.92. The molecule has 130 valence electrons. The zero-order valence-electron chi connectivity index (χ0n) is 14.5. The number of esters is 1. The first kappa shape index (κ1) is 17.9. The molecule has 0 spiro atoms. The summed E-state index contributed by atoms with van der Waals surface area (Å²) < 4.78 is 5.50. The van der Waals surface area contributed by atoms with Crippen LogP contribution in [-0.4, -0.2) is 21.2 Å². The van der Waals surface area contributed by atoms with E-state index in [1.807, 2.05) is 37.3 Å². The van der Waals surface area contributed by atoms with Gasteiger partial charge in [0.15, 0.2) is 0 Å². The summed E-state index contributed by atoms with van der Waals surface area (Å²) in [5.41, 5.74) is 2.18. The van der Waals surface area contributed by atoms with Gasteiger partial charge in [-0.25, -0.2) is 9.97 Å². The van der Waals surface area contributed by atoms with Gasteiger partial charge in [-0.2, -0.15) is 0 Å². The van der Waals surface area contributed by atoms with Gasteiger partial charge >= 0.3 is 5.97 Å². The van der Waals surface area contributed by atoms with Gasteiger partial charge in [0.05, 0.1) is 0 Å². The van der Waals surface area contributed by atoms with Gasteiger partial charge in [-0.3, -0.25) is 4.79 Å². The minimum atomic E-state index is -0.276. The Kier molecular flexibility index (Phi) is 5.71. The molecular weight excluding hydrogens is 352 g/mol. The Morgan fingerprint density at radius 1 is 1.24 bits per heavy atom. The van der Waals surface area contributed by atoms with Crippen molar-refractivity contribution in [2.45, 2.75) is 44.1 Å². The molecule has 0 aliphatic rings. The molecule has 3 aromatic rings. The van der Waals surface area contributed by atoms with Crippen molar-refractivity contribution in [3.63, 3.8) is 0 Å². The van der Waals surface area contributed by atoms with Gasteiger partial charge in [-0.15, -0.1) is 11.3 Å². The quantitative estimate of drug-likeness (QED) is 0.349. The number of fused-ring (bicyclic) bond motifs is 1. The Bertz CT molecular complexity index is 878. The smallest absolute Gasteiger partial charge is 0.319 e. The minimum absolute atomic E-state index is 0.201. The van der Waals surface area contributed by atoms with E-state index in [4.69, 9.17) is 4.74 Å². The lowest BCUT2D eigenvalue weighted by Crippen LogP contribution is -2.19.